The quantitative estimate of drug-likeness (QED) is 0.599. The molecule has 0 aliphatic carbocycles. The largest absolute Gasteiger partial charge is 0.434 e. The lowest BCUT2D eigenvalue weighted by Gasteiger charge is -2.11. The highest BCUT2D eigenvalue weighted by Crippen LogP contribution is 2.33. The van der Waals surface area contributed by atoms with Gasteiger partial charge < -0.3 is 4.74 Å². The molecule has 0 spiro atoms. The average molecular weight is 240 g/mol. The predicted molar refractivity (Wildman–Crippen MR) is 43.5 cm³/mol. The Balaban J connectivity index is 3.16. The fourth-order valence-corrected chi connectivity index (χ4v) is 1.01. The highest BCUT2D eigenvalue weighted by atomic mass is 19.4. The number of hydrogen-bond donors (Lipinski definition) is 0. The van der Waals surface area contributed by atoms with E-state index in [0.29, 0.717) is 12.1 Å². The van der Waals surface area contributed by atoms with Crippen LogP contribution < -0.4 is 4.74 Å². The first-order chi connectivity index (χ1) is 7.34. The zero-order valence-electron chi connectivity index (χ0n) is 7.59. The van der Waals surface area contributed by atoms with E-state index in [-0.39, 0.29) is 11.8 Å². The maximum absolute atomic E-state index is 12.2. The SMILES string of the molecule is O=Cc1ccc(C(F)(F)F)cc1OC(F)F. The van der Waals surface area contributed by atoms with E-state index in [9.17, 15) is 26.7 Å². The number of rotatable bonds is 3. The standard InChI is InChI=1S/C9H5F5O2/c10-8(11)16-7-3-6(9(12,13)14)2-1-5(7)4-15/h1-4,8H. The first kappa shape index (κ1) is 12.4. The van der Waals surface area contributed by atoms with E-state index in [0.717, 1.165) is 6.07 Å². The van der Waals surface area contributed by atoms with Crippen LogP contribution in [0.25, 0.3) is 0 Å². The summed E-state index contributed by atoms with van der Waals surface area (Å²) in [5.41, 5.74) is -1.53. The van der Waals surface area contributed by atoms with E-state index in [2.05, 4.69) is 4.74 Å². The Hall–Kier alpha value is -1.66. The number of aldehydes is 1. The van der Waals surface area contributed by atoms with Crippen LogP contribution >= 0.6 is 0 Å². The molecule has 0 fully saturated rings. The molecule has 2 nitrogen and oxygen atoms in total. The third kappa shape index (κ3) is 2.91. The highest BCUT2D eigenvalue weighted by Gasteiger charge is 2.31. The van der Waals surface area contributed by atoms with Gasteiger partial charge in [-0.25, -0.2) is 0 Å². The van der Waals surface area contributed by atoms with Crippen LogP contribution in [-0.4, -0.2) is 12.9 Å². The van der Waals surface area contributed by atoms with Crippen LogP contribution in [0.1, 0.15) is 15.9 Å². The number of hydrogen-bond acceptors (Lipinski definition) is 2. The summed E-state index contributed by atoms with van der Waals surface area (Å²) in [5, 5.41) is 0. The van der Waals surface area contributed by atoms with Crippen LogP contribution in [0.3, 0.4) is 0 Å². The van der Waals surface area contributed by atoms with Gasteiger partial charge in [0.05, 0.1) is 11.1 Å². The molecule has 0 heterocycles. The van der Waals surface area contributed by atoms with E-state index in [1.807, 2.05) is 0 Å². The van der Waals surface area contributed by atoms with Crippen LogP contribution in [0.2, 0.25) is 0 Å². The maximum atomic E-state index is 12.2. The predicted octanol–water partition coefficient (Wildman–Crippen LogP) is 3.12. The van der Waals surface area contributed by atoms with Gasteiger partial charge in [-0.05, 0) is 18.2 Å². The van der Waals surface area contributed by atoms with Gasteiger partial charge in [-0.15, -0.1) is 0 Å². The first-order valence-corrected chi connectivity index (χ1v) is 3.96. The third-order valence-electron chi connectivity index (χ3n) is 1.68. The number of carbonyl (C=O) groups is 1. The monoisotopic (exact) mass is 240 g/mol. The molecule has 0 bridgehead atoms. The molecule has 0 N–H and O–H groups in total. The number of benzene rings is 1. The molecule has 0 aliphatic heterocycles. The minimum atomic E-state index is -4.68. The molecule has 1 aromatic rings. The van der Waals surface area contributed by atoms with Crippen molar-refractivity contribution in [3.8, 4) is 5.75 Å². The fraction of sp³-hybridized carbons (Fsp3) is 0.222. The summed E-state index contributed by atoms with van der Waals surface area (Å²) in [6.07, 6.45) is -4.54. The number of ether oxygens (including phenoxy) is 1. The zero-order chi connectivity index (χ0) is 12.3. The van der Waals surface area contributed by atoms with Gasteiger partial charge in [0.25, 0.3) is 0 Å². The molecule has 7 heteroatoms. The molecule has 0 saturated carbocycles. The van der Waals surface area contributed by atoms with Gasteiger partial charge >= 0.3 is 12.8 Å². The van der Waals surface area contributed by atoms with Gasteiger partial charge in [-0.3, -0.25) is 4.79 Å². The van der Waals surface area contributed by atoms with E-state index < -0.39 is 24.1 Å². The van der Waals surface area contributed by atoms with Crippen molar-refractivity contribution in [3.63, 3.8) is 0 Å². The number of carbonyl (C=O) groups excluding carboxylic acids is 1. The van der Waals surface area contributed by atoms with Gasteiger partial charge in [-0.1, -0.05) is 0 Å². The molecule has 0 unspecified atom stereocenters. The van der Waals surface area contributed by atoms with Crippen molar-refractivity contribution in [2.45, 2.75) is 12.8 Å². The zero-order valence-corrected chi connectivity index (χ0v) is 7.59. The molecule has 1 rings (SSSR count). The Labute approximate surface area is 86.6 Å². The minimum absolute atomic E-state index is 0.137. The Kier molecular flexibility index (Phi) is 3.46. The van der Waals surface area contributed by atoms with E-state index in [1.165, 1.54) is 0 Å². The molecular formula is C9H5F5O2. The molecule has 0 aliphatic rings. The van der Waals surface area contributed by atoms with E-state index >= 15 is 0 Å². The second kappa shape index (κ2) is 4.46. The normalized spacial score (nSPS) is 11.6. The van der Waals surface area contributed by atoms with Gasteiger partial charge in [0.2, 0.25) is 0 Å². The molecule has 16 heavy (non-hydrogen) atoms. The van der Waals surface area contributed by atoms with Gasteiger partial charge in [0.1, 0.15) is 5.75 Å². The van der Waals surface area contributed by atoms with Crippen LogP contribution in [0.5, 0.6) is 5.75 Å². The summed E-state index contributed by atoms with van der Waals surface area (Å²) in [5.74, 6) is -0.792. The second-order valence-corrected chi connectivity index (χ2v) is 2.75. The van der Waals surface area contributed by atoms with Gasteiger partial charge in [0, 0.05) is 0 Å². The van der Waals surface area contributed by atoms with E-state index in [4.69, 9.17) is 0 Å². The molecule has 88 valence electrons. The van der Waals surface area contributed by atoms with Crippen molar-refractivity contribution >= 4 is 6.29 Å². The number of halogens is 5. The van der Waals surface area contributed by atoms with Gasteiger partial charge in [0.15, 0.2) is 6.29 Å². The smallest absolute Gasteiger partial charge is 0.416 e. The van der Waals surface area contributed by atoms with Crippen molar-refractivity contribution in [2.75, 3.05) is 0 Å². The van der Waals surface area contributed by atoms with Crippen molar-refractivity contribution in [2.24, 2.45) is 0 Å². The fourth-order valence-electron chi connectivity index (χ4n) is 1.01. The number of alkyl halides is 5. The highest BCUT2D eigenvalue weighted by molar-refractivity contribution is 5.79. The lowest BCUT2D eigenvalue weighted by Crippen LogP contribution is -2.09. The first-order valence-electron chi connectivity index (χ1n) is 3.96. The topological polar surface area (TPSA) is 26.3 Å². The Morgan fingerprint density at radius 2 is 1.88 bits per heavy atom. The van der Waals surface area contributed by atoms with Crippen LogP contribution in [0.4, 0.5) is 22.0 Å². The van der Waals surface area contributed by atoms with Gasteiger partial charge in [-0.2, -0.15) is 22.0 Å². The van der Waals surface area contributed by atoms with Crippen molar-refractivity contribution < 1.29 is 31.5 Å². The average Bonchev–Trinajstić information content (AvgIpc) is 2.15. The molecule has 0 amide bonds. The van der Waals surface area contributed by atoms with Crippen LogP contribution in [-0.2, 0) is 6.18 Å². The summed E-state index contributed by atoms with van der Waals surface area (Å²) in [4.78, 5) is 10.4. The summed E-state index contributed by atoms with van der Waals surface area (Å²) in [6.45, 7) is -3.29. The summed E-state index contributed by atoms with van der Waals surface area (Å²) >= 11 is 0. The Bertz CT molecular complexity index is 386. The van der Waals surface area contributed by atoms with Crippen molar-refractivity contribution in [3.05, 3.63) is 29.3 Å². The molecular weight excluding hydrogens is 235 g/mol. The summed E-state index contributed by atoms with van der Waals surface area (Å²) in [6, 6.07) is 1.74. The Morgan fingerprint density at radius 3 is 2.31 bits per heavy atom. The van der Waals surface area contributed by atoms with Crippen LogP contribution in [0, 0.1) is 0 Å². The molecule has 1 aromatic carbocycles. The lowest BCUT2D eigenvalue weighted by molar-refractivity contribution is -0.138. The minimum Gasteiger partial charge on any atom is -0.434 e. The maximum Gasteiger partial charge on any atom is 0.416 e. The summed E-state index contributed by atoms with van der Waals surface area (Å²) < 4.78 is 64.1. The van der Waals surface area contributed by atoms with E-state index in [1.54, 1.807) is 0 Å². The van der Waals surface area contributed by atoms with Crippen LogP contribution in [0.15, 0.2) is 18.2 Å². The van der Waals surface area contributed by atoms with Crippen molar-refractivity contribution in [1.29, 1.82) is 0 Å². The summed E-state index contributed by atoms with van der Waals surface area (Å²) in [7, 11) is 0. The second-order valence-electron chi connectivity index (χ2n) is 2.75. The van der Waals surface area contributed by atoms with Crippen molar-refractivity contribution in [1.82, 2.24) is 0 Å². The molecule has 0 radical (unpaired) electrons. The molecule has 0 atom stereocenters. The third-order valence-corrected chi connectivity index (χ3v) is 1.68. The molecule has 0 saturated heterocycles. The lowest BCUT2D eigenvalue weighted by atomic mass is 10.1. The molecule has 0 aromatic heterocycles. The Morgan fingerprint density at radius 1 is 1.25 bits per heavy atom.